The molecule has 0 bridgehead atoms. The first kappa shape index (κ1) is 14.7. The molecule has 0 aliphatic carbocycles. The average Bonchev–Trinajstić information content (AvgIpc) is 2.51. The van der Waals surface area contributed by atoms with E-state index in [-0.39, 0.29) is 22.3 Å². The van der Waals surface area contributed by atoms with Crippen LogP contribution in [0.25, 0.3) is 0 Å². The molecule has 1 atom stereocenters. The molecule has 1 aliphatic heterocycles. The number of benzene rings is 1. The lowest BCUT2D eigenvalue weighted by Crippen LogP contribution is -2.35. The molecular weight excluding hydrogens is 298 g/mol. The van der Waals surface area contributed by atoms with E-state index in [0.29, 0.717) is 12.1 Å². The third-order valence-electron chi connectivity index (χ3n) is 3.92. The summed E-state index contributed by atoms with van der Waals surface area (Å²) in [5, 5.41) is 13.9. The van der Waals surface area contributed by atoms with Crippen LogP contribution in [0.2, 0.25) is 0 Å². The minimum atomic E-state index is -0.364. The zero-order valence-corrected chi connectivity index (χ0v) is 12.8. The number of fused-ring (bicyclic) bond motifs is 1. The van der Waals surface area contributed by atoms with Crippen molar-refractivity contribution in [3.05, 3.63) is 68.7 Å². The van der Waals surface area contributed by atoms with E-state index in [0.717, 1.165) is 18.5 Å². The van der Waals surface area contributed by atoms with Gasteiger partial charge in [0.05, 0.1) is 11.6 Å². The van der Waals surface area contributed by atoms with Gasteiger partial charge in [-0.25, -0.2) is 0 Å². The summed E-state index contributed by atoms with van der Waals surface area (Å²) in [6.45, 7) is 4.74. The number of aromatic amines is 1. The zero-order chi connectivity index (χ0) is 15.7. The van der Waals surface area contributed by atoms with Crippen molar-refractivity contribution in [3.63, 3.8) is 0 Å². The summed E-state index contributed by atoms with van der Waals surface area (Å²) < 4.78 is 1.66. The maximum Gasteiger partial charge on any atom is 0.260 e. The Morgan fingerprint density at radius 1 is 1.45 bits per heavy atom. The lowest BCUT2D eigenvalue weighted by atomic mass is 9.91. The van der Waals surface area contributed by atoms with Gasteiger partial charge in [-0.3, -0.25) is 14.3 Å². The Labute approximate surface area is 132 Å². The van der Waals surface area contributed by atoms with Crippen LogP contribution in [0.4, 0.5) is 0 Å². The molecule has 0 saturated carbocycles. The molecule has 5 nitrogen and oxygen atoms in total. The second-order valence-corrected chi connectivity index (χ2v) is 5.62. The van der Waals surface area contributed by atoms with E-state index in [2.05, 4.69) is 16.9 Å². The van der Waals surface area contributed by atoms with Crippen molar-refractivity contribution < 1.29 is 5.11 Å². The second-order valence-electron chi connectivity index (χ2n) is 5.23. The molecule has 3 rings (SSSR count). The number of nitrogens with one attached hydrogen (secondary N) is 2. The molecule has 6 heteroatoms. The largest absolute Gasteiger partial charge is 0.494 e. The van der Waals surface area contributed by atoms with Crippen molar-refractivity contribution in [1.82, 2.24) is 14.9 Å². The van der Waals surface area contributed by atoms with Gasteiger partial charge in [0.2, 0.25) is 5.88 Å². The minimum Gasteiger partial charge on any atom is -0.494 e. The molecule has 1 aromatic heterocycles. The summed E-state index contributed by atoms with van der Waals surface area (Å²) in [4.78, 5) is 15.0. The van der Waals surface area contributed by atoms with E-state index >= 15 is 0 Å². The van der Waals surface area contributed by atoms with Gasteiger partial charge in [-0.05, 0) is 29.8 Å². The van der Waals surface area contributed by atoms with Crippen LogP contribution in [0.5, 0.6) is 5.88 Å². The van der Waals surface area contributed by atoms with E-state index < -0.39 is 0 Å². The third kappa shape index (κ3) is 2.40. The Morgan fingerprint density at radius 3 is 3.00 bits per heavy atom. The van der Waals surface area contributed by atoms with Crippen molar-refractivity contribution in [2.24, 2.45) is 0 Å². The number of aromatic nitrogens is 2. The Kier molecular flexibility index (Phi) is 3.96. The smallest absolute Gasteiger partial charge is 0.260 e. The molecule has 0 saturated heterocycles. The fraction of sp³-hybridized carbons (Fsp3) is 0.250. The van der Waals surface area contributed by atoms with Crippen molar-refractivity contribution in [2.75, 3.05) is 6.54 Å². The molecule has 1 aliphatic rings. The average molecular weight is 315 g/mol. The van der Waals surface area contributed by atoms with Gasteiger partial charge in [0.15, 0.2) is 4.77 Å². The summed E-state index contributed by atoms with van der Waals surface area (Å²) in [6, 6.07) is 7.59. The predicted molar refractivity (Wildman–Crippen MR) is 87.7 cm³/mol. The number of H-pyrrole nitrogens is 1. The Bertz CT molecular complexity index is 838. The number of hydrogen-bond donors (Lipinski definition) is 3. The normalized spacial score (nSPS) is 17.0. The van der Waals surface area contributed by atoms with Gasteiger partial charge in [0.1, 0.15) is 0 Å². The SMILES string of the molecule is C=CCn1c(O)c([C@H]2NCCc3ccccc32)c(=O)[nH]c1=S. The van der Waals surface area contributed by atoms with Crippen molar-refractivity contribution >= 4 is 12.2 Å². The number of nitrogens with zero attached hydrogens (tertiary/aromatic N) is 1. The highest BCUT2D eigenvalue weighted by molar-refractivity contribution is 7.71. The Morgan fingerprint density at radius 2 is 2.23 bits per heavy atom. The van der Waals surface area contributed by atoms with Crippen LogP contribution < -0.4 is 10.9 Å². The maximum absolute atomic E-state index is 12.4. The van der Waals surface area contributed by atoms with Crippen molar-refractivity contribution in [1.29, 1.82) is 0 Å². The highest BCUT2D eigenvalue weighted by Gasteiger charge is 2.27. The topological polar surface area (TPSA) is 70.0 Å². The van der Waals surface area contributed by atoms with Crippen LogP contribution in [0.15, 0.2) is 41.7 Å². The summed E-state index contributed by atoms with van der Waals surface area (Å²) in [5.74, 6) is -0.108. The van der Waals surface area contributed by atoms with E-state index in [1.807, 2.05) is 24.3 Å². The van der Waals surface area contributed by atoms with Gasteiger partial charge in [-0.2, -0.15) is 0 Å². The van der Waals surface area contributed by atoms with Crippen LogP contribution in [0.3, 0.4) is 0 Å². The maximum atomic E-state index is 12.4. The minimum absolute atomic E-state index is 0.108. The Hall–Kier alpha value is -2.18. The van der Waals surface area contributed by atoms with E-state index in [1.165, 1.54) is 10.1 Å². The van der Waals surface area contributed by atoms with Gasteiger partial charge in [-0.15, -0.1) is 6.58 Å². The molecule has 0 fully saturated rings. The highest BCUT2D eigenvalue weighted by Crippen LogP contribution is 2.31. The Balaban J connectivity index is 2.22. The zero-order valence-electron chi connectivity index (χ0n) is 12.0. The third-order valence-corrected chi connectivity index (χ3v) is 4.24. The van der Waals surface area contributed by atoms with Crippen LogP contribution in [-0.4, -0.2) is 21.2 Å². The van der Waals surface area contributed by atoms with Gasteiger partial charge in [-0.1, -0.05) is 30.3 Å². The number of rotatable bonds is 3. The van der Waals surface area contributed by atoms with Crippen molar-refractivity contribution in [2.45, 2.75) is 19.0 Å². The molecule has 2 aromatic rings. The fourth-order valence-corrected chi connectivity index (χ4v) is 3.15. The molecule has 0 spiro atoms. The van der Waals surface area contributed by atoms with Gasteiger partial charge in [0, 0.05) is 13.1 Å². The monoisotopic (exact) mass is 315 g/mol. The van der Waals surface area contributed by atoms with Crippen LogP contribution in [0, 0.1) is 4.77 Å². The first-order valence-electron chi connectivity index (χ1n) is 7.11. The predicted octanol–water partition coefficient (Wildman–Crippen LogP) is 2.03. The van der Waals surface area contributed by atoms with Crippen LogP contribution in [-0.2, 0) is 13.0 Å². The molecule has 0 unspecified atom stereocenters. The molecule has 1 aromatic carbocycles. The number of hydrogen-bond acceptors (Lipinski definition) is 4. The lowest BCUT2D eigenvalue weighted by molar-refractivity contribution is 0.395. The van der Waals surface area contributed by atoms with Crippen molar-refractivity contribution in [3.8, 4) is 5.88 Å². The standard InChI is InChI=1S/C16H17N3O2S/c1-2-9-19-15(21)12(14(20)18-16(19)22)13-11-6-4-3-5-10(11)7-8-17-13/h2-6,13,17,21H,1,7-9H2,(H,18,20,22)/t13-/m0/s1. The summed E-state index contributed by atoms with van der Waals surface area (Å²) in [6.07, 6.45) is 2.52. The van der Waals surface area contributed by atoms with E-state index in [9.17, 15) is 9.90 Å². The number of aromatic hydroxyl groups is 1. The van der Waals surface area contributed by atoms with Gasteiger partial charge in [0.25, 0.3) is 5.56 Å². The molecule has 22 heavy (non-hydrogen) atoms. The first-order chi connectivity index (χ1) is 10.6. The number of allylic oxidation sites excluding steroid dienone is 1. The molecule has 114 valence electrons. The van der Waals surface area contributed by atoms with Gasteiger partial charge < -0.3 is 10.4 Å². The van der Waals surface area contributed by atoms with Gasteiger partial charge >= 0.3 is 0 Å². The summed E-state index contributed by atoms with van der Waals surface area (Å²) in [5.41, 5.74) is 2.12. The van der Waals surface area contributed by atoms with E-state index in [4.69, 9.17) is 12.2 Å². The lowest BCUT2D eigenvalue weighted by Gasteiger charge is -2.27. The highest BCUT2D eigenvalue weighted by atomic mass is 32.1. The first-order valence-corrected chi connectivity index (χ1v) is 7.52. The van der Waals surface area contributed by atoms with Crippen LogP contribution in [0.1, 0.15) is 22.7 Å². The molecule has 0 radical (unpaired) electrons. The molecule has 2 heterocycles. The molecule has 3 N–H and O–H groups in total. The molecular formula is C16H17N3O2S. The summed E-state index contributed by atoms with van der Waals surface area (Å²) >= 11 is 5.11. The second kappa shape index (κ2) is 5.90. The fourth-order valence-electron chi connectivity index (χ4n) is 2.90. The summed E-state index contributed by atoms with van der Waals surface area (Å²) in [7, 11) is 0. The van der Waals surface area contributed by atoms with Crippen LogP contribution >= 0.6 is 12.2 Å². The van der Waals surface area contributed by atoms with E-state index in [1.54, 1.807) is 6.08 Å². The quantitative estimate of drug-likeness (QED) is 0.599. The molecule has 0 amide bonds.